The van der Waals surface area contributed by atoms with E-state index in [0.29, 0.717) is 11.4 Å². The zero-order valence-electron chi connectivity index (χ0n) is 9.45. The van der Waals surface area contributed by atoms with Crippen molar-refractivity contribution in [3.63, 3.8) is 0 Å². The maximum absolute atomic E-state index is 12.6. The minimum absolute atomic E-state index is 0.217. The van der Waals surface area contributed by atoms with Crippen LogP contribution in [0.15, 0.2) is 23.7 Å². The highest BCUT2D eigenvalue weighted by molar-refractivity contribution is 7.10. The summed E-state index contributed by atoms with van der Waals surface area (Å²) < 4.78 is 12.6. The van der Waals surface area contributed by atoms with Gasteiger partial charge in [0.15, 0.2) is 0 Å². The topological polar surface area (TPSA) is 42.0 Å². The number of hydrogen-bond donors (Lipinski definition) is 1. The summed E-state index contributed by atoms with van der Waals surface area (Å²) in [4.78, 5) is 16.8. The van der Waals surface area contributed by atoms with Gasteiger partial charge in [-0.2, -0.15) is 0 Å². The summed E-state index contributed by atoms with van der Waals surface area (Å²) in [6.07, 6.45) is 1.07. The molecule has 0 fully saturated rings. The molecule has 0 aromatic carbocycles. The van der Waals surface area contributed by atoms with Crippen LogP contribution < -0.4 is 5.32 Å². The highest BCUT2D eigenvalue weighted by atomic mass is 32.1. The van der Waals surface area contributed by atoms with Crippen molar-refractivity contribution >= 4 is 23.1 Å². The summed E-state index contributed by atoms with van der Waals surface area (Å²) in [5, 5.41) is 4.44. The molecule has 0 saturated heterocycles. The summed E-state index contributed by atoms with van der Waals surface area (Å²) in [6, 6.07) is 2.69. The minimum Gasteiger partial charge on any atom is -0.307 e. The number of aryl methyl sites for hydroxylation is 1. The van der Waals surface area contributed by atoms with Crippen molar-refractivity contribution in [2.45, 2.75) is 13.8 Å². The lowest BCUT2D eigenvalue weighted by Gasteiger charge is -2.03. The van der Waals surface area contributed by atoms with Crippen LogP contribution in [0.3, 0.4) is 0 Å². The summed E-state index contributed by atoms with van der Waals surface area (Å²) in [5.74, 6) is -0.295. The number of amides is 1. The summed E-state index contributed by atoms with van der Waals surface area (Å²) in [7, 11) is 0. The van der Waals surface area contributed by atoms with Crippen molar-refractivity contribution in [2.75, 3.05) is 5.32 Å². The second kappa shape index (κ2) is 4.63. The Morgan fingerprint density at radius 2 is 2.18 bits per heavy atom. The number of aromatic nitrogens is 1. The van der Waals surface area contributed by atoms with Gasteiger partial charge in [0.2, 0.25) is 0 Å². The Kier molecular flexibility index (Phi) is 3.19. The second-order valence-corrected chi connectivity index (χ2v) is 4.73. The molecular weight excluding hydrogens is 239 g/mol. The molecule has 5 heteroatoms. The van der Waals surface area contributed by atoms with Crippen LogP contribution in [0.5, 0.6) is 0 Å². The standard InChI is InChI=1S/C12H11FN2OS/c1-7-8(2)17-6-10(7)12(16)15-11-4-3-9(13)5-14-11/h3-6H,1-2H3,(H,14,15,16). The molecule has 0 atom stereocenters. The van der Waals surface area contributed by atoms with Gasteiger partial charge in [-0.1, -0.05) is 0 Å². The number of halogens is 1. The number of anilines is 1. The zero-order valence-corrected chi connectivity index (χ0v) is 10.3. The summed E-state index contributed by atoms with van der Waals surface area (Å²) >= 11 is 1.53. The van der Waals surface area contributed by atoms with Crippen LogP contribution in [0.25, 0.3) is 0 Å². The van der Waals surface area contributed by atoms with Crippen molar-refractivity contribution in [3.05, 3.63) is 45.5 Å². The predicted molar refractivity (Wildman–Crippen MR) is 65.9 cm³/mol. The quantitative estimate of drug-likeness (QED) is 0.889. The first kappa shape index (κ1) is 11.7. The molecule has 0 spiro atoms. The third-order valence-electron chi connectivity index (χ3n) is 2.50. The maximum atomic E-state index is 12.6. The van der Waals surface area contributed by atoms with E-state index in [4.69, 9.17) is 0 Å². The van der Waals surface area contributed by atoms with Crippen LogP contribution in [-0.4, -0.2) is 10.9 Å². The highest BCUT2D eigenvalue weighted by Gasteiger charge is 2.12. The van der Waals surface area contributed by atoms with Crippen LogP contribution in [0, 0.1) is 19.7 Å². The number of pyridine rings is 1. The Hall–Kier alpha value is -1.75. The van der Waals surface area contributed by atoms with Crippen molar-refractivity contribution < 1.29 is 9.18 Å². The van der Waals surface area contributed by atoms with Crippen LogP contribution >= 0.6 is 11.3 Å². The predicted octanol–water partition coefficient (Wildman–Crippen LogP) is 3.15. The molecule has 1 amide bonds. The molecule has 0 aliphatic rings. The normalized spacial score (nSPS) is 10.3. The van der Waals surface area contributed by atoms with E-state index < -0.39 is 5.82 Å². The smallest absolute Gasteiger partial charge is 0.257 e. The lowest BCUT2D eigenvalue weighted by atomic mass is 10.1. The molecule has 0 radical (unpaired) electrons. The first-order valence-electron chi connectivity index (χ1n) is 5.05. The van der Waals surface area contributed by atoms with Gasteiger partial charge in [-0.3, -0.25) is 4.79 Å². The number of thiophene rings is 1. The number of nitrogens with one attached hydrogen (secondary N) is 1. The van der Waals surface area contributed by atoms with Crippen LogP contribution in [0.2, 0.25) is 0 Å². The monoisotopic (exact) mass is 250 g/mol. The summed E-state index contributed by atoms with van der Waals surface area (Å²) in [6.45, 7) is 3.87. The van der Waals surface area contributed by atoms with E-state index in [1.807, 2.05) is 19.2 Å². The number of carbonyl (C=O) groups is 1. The Labute approximate surface area is 102 Å². The Bertz CT molecular complexity index is 548. The largest absolute Gasteiger partial charge is 0.307 e. The Balaban J connectivity index is 2.17. The van der Waals surface area contributed by atoms with E-state index in [1.165, 1.54) is 23.5 Å². The van der Waals surface area contributed by atoms with Gasteiger partial charge in [-0.25, -0.2) is 9.37 Å². The molecule has 2 aromatic rings. The molecule has 0 aliphatic heterocycles. The van der Waals surface area contributed by atoms with E-state index in [1.54, 1.807) is 0 Å². The second-order valence-electron chi connectivity index (χ2n) is 3.65. The first-order chi connectivity index (χ1) is 8.08. The van der Waals surface area contributed by atoms with E-state index >= 15 is 0 Å². The van der Waals surface area contributed by atoms with Gasteiger partial charge in [0.05, 0.1) is 11.8 Å². The van der Waals surface area contributed by atoms with Gasteiger partial charge in [0.25, 0.3) is 5.91 Å². The van der Waals surface area contributed by atoms with Gasteiger partial charge in [-0.05, 0) is 31.5 Å². The van der Waals surface area contributed by atoms with Crippen LogP contribution in [0.4, 0.5) is 10.2 Å². The van der Waals surface area contributed by atoms with E-state index in [9.17, 15) is 9.18 Å². The van der Waals surface area contributed by atoms with E-state index in [0.717, 1.165) is 16.6 Å². The number of nitrogens with zero attached hydrogens (tertiary/aromatic N) is 1. The molecule has 0 bridgehead atoms. The van der Waals surface area contributed by atoms with Gasteiger partial charge < -0.3 is 5.32 Å². The highest BCUT2D eigenvalue weighted by Crippen LogP contribution is 2.21. The van der Waals surface area contributed by atoms with Crippen LogP contribution in [0.1, 0.15) is 20.8 Å². The molecule has 17 heavy (non-hydrogen) atoms. The van der Waals surface area contributed by atoms with E-state index in [-0.39, 0.29) is 5.91 Å². The molecular formula is C12H11FN2OS. The molecule has 2 rings (SSSR count). The average molecular weight is 250 g/mol. The number of carbonyl (C=O) groups excluding carboxylic acids is 1. The molecule has 3 nitrogen and oxygen atoms in total. The van der Waals surface area contributed by atoms with Gasteiger partial charge in [0.1, 0.15) is 11.6 Å². The summed E-state index contributed by atoms with van der Waals surface area (Å²) in [5.41, 5.74) is 1.60. The fraction of sp³-hybridized carbons (Fsp3) is 0.167. The molecule has 0 unspecified atom stereocenters. The van der Waals surface area contributed by atoms with Crippen molar-refractivity contribution in [1.82, 2.24) is 4.98 Å². The van der Waals surface area contributed by atoms with Crippen molar-refractivity contribution in [2.24, 2.45) is 0 Å². The van der Waals surface area contributed by atoms with E-state index in [2.05, 4.69) is 10.3 Å². The molecule has 2 aromatic heterocycles. The minimum atomic E-state index is -0.425. The molecule has 1 N–H and O–H groups in total. The fourth-order valence-electron chi connectivity index (χ4n) is 1.37. The molecule has 2 heterocycles. The average Bonchev–Trinajstić information content (AvgIpc) is 2.63. The molecule has 0 aliphatic carbocycles. The number of hydrogen-bond acceptors (Lipinski definition) is 3. The fourth-order valence-corrected chi connectivity index (χ4v) is 2.24. The lowest BCUT2D eigenvalue weighted by Crippen LogP contribution is -2.13. The lowest BCUT2D eigenvalue weighted by molar-refractivity contribution is 0.102. The van der Waals surface area contributed by atoms with Crippen molar-refractivity contribution in [1.29, 1.82) is 0 Å². The van der Waals surface area contributed by atoms with Gasteiger partial charge in [-0.15, -0.1) is 11.3 Å². The Morgan fingerprint density at radius 3 is 2.71 bits per heavy atom. The molecule has 0 saturated carbocycles. The van der Waals surface area contributed by atoms with Gasteiger partial charge >= 0.3 is 0 Å². The van der Waals surface area contributed by atoms with Crippen molar-refractivity contribution in [3.8, 4) is 0 Å². The number of rotatable bonds is 2. The molecule has 88 valence electrons. The van der Waals surface area contributed by atoms with Gasteiger partial charge in [0, 0.05) is 10.3 Å². The Morgan fingerprint density at radius 1 is 1.41 bits per heavy atom. The third kappa shape index (κ3) is 2.50. The SMILES string of the molecule is Cc1scc(C(=O)Nc2ccc(F)cn2)c1C. The first-order valence-corrected chi connectivity index (χ1v) is 5.93. The maximum Gasteiger partial charge on any atom is 0.257 e. The zero-order chi connectivity index (χ0) is 12.4. The van der Waals surface area contributed by atoms with Crippen LogP contribution in [-0.2, 0) is 0 Å². The third-order valence-corrected chi connectivity index (χ3v) is 3.51.